The van der Waals surface area contributed by atoms with Crippen molar-refractivity contribution >= 4 is 39.0 Å². The van der Waals surface area contributed by atoms with Crippen LogP contribution in [0.3, 0.4) is 0 Å². The average molecular weight is 421 g/mol. The Labute approximate surface area is 178 Å². The molecule has 0 aliphatic heterocycles. The summed E-state index contributed by atoms with van der Waals surface area (Å²) in [6.45, 7) is 4.17. The highest BCUT2D eigenvalue weighted by Crippen LogP contribution is 2.36. The monoisotopic (exact) mass is 420 g/mol. The molecule has 0 atom stereocenters. The molecule has 0 unspecified atom stereocenters. The molecule has 1 amide bonds. The minimum absolute atomic E-state index is 0.117. The van der Waals surface area contributed by atoms with E-state index in [-0.39, 0.29) is 18.3 Å². The molecule has 0 aliphatic carbocycles. The molecule has 2 aromatic heterocycles. The van der Waals surface area contributed by atoms with Crippen LogP contribution in [0.2, 0.25) is 0 Å². The molecule has 0 radical (unpaired) electrons. The number of rotatable bonds is 5. The predicted molar refractivity (Wildman–Crippen MR) is 121 cm³/mol. The third kappa shape index (κ3) is 4.02. The van der Waals surface area contributed by atoms with Gasteiger partial charge in [0, 0.05) is 17.6 Å². The van der Waals surface area contributed by atoms with Gasteiger partial charge in [0.05, 0.1) is 16.8 Å². The maximum absolute atomic E-state index is 13.2. The van der Waals surface area contributed by atoms with Crippen molar-refractivity contribution in [1.29, 1.82) is 0 Å². The van der Waals surface area contributed by atoms with E-state index in [0.29, 0.717) is 5.82 Å². The Kier molecular flexibility index (Phi) is 5.46. The number of carbonyl (C=O) groups is 1. The maximum atomic E-state index is 13.2. The van der Waals surface area contributed by atoms with Crippen LogP contribution in [-0.4, -0.2) is 29.5 Å². The van der Waals surface area contributed by atoms with Gasteiger partial charge in [-0.15, -0.1) is 11.3 Å². The van der Waals surface area contributed by atoms with Crippen molar-refractivity contribution in [1.82, 2.24) is 9.97 Å². The molecule has 2 aromatic carbocycles. The summed E-state index contributed by atoms with van der Waals surface area (Å²) in [7, 11) is 1.84. The number of hydrogen-bond donors (Lipinski definition) is 1. The number of benzene rings is 2. The Bertz CT molecular complexity index is 1220. The predicted octanol–water partition coefficient (Wildman–Crippen LogP) is 5.19. The number of anilines is 2. The van der Waals surface area contributed by atoms with Crippen LogP contribution < -0.4 is 10.2 Å². The van der Waals surface area contributed by atoms with Crippen LogP contribution in [0, 0.1) is 19.7 Å². The molecule has 30 heavy (non-hydrogen) atoms. The first-order valence-electron chi connectivity index (χ1n) is 9.50. The number of nitrogens with one attached hydrogen (secondary N) is 1. The summed E-state index contributed by atoms with van der Waals surface area (Å²) in [6.07, 6.45) is 1.50. The Hall–Kier alpha value is -3.32. The van der Waals surface area contributed by atoms with Crippen LogP contribution in [0.5, 0.6) is 0 Å². The Morgan fingerprint density at radius 2 is 1.90 bits per heavy atom. The van der Waals surface area contributed by atoms with Gasteiger partial charge in [0.2, 0.25) is 5.91 Å². The zero-order valence-electron chi connectivity index (χ0n) is 16.9. The zero-order chi connectivity index (χ0) is 21.3. The van der Waals surface area contributed by atoms with Crippen LogP contribution in [0.15, 0.2) is 54.9 Å². The first-order chi connectivity index (χ1) is 14.4. The van der Waals surface area contributed by atoms with E-state index in [4.69, 9.17) is 0 Å². The number of aromatic nitrogens is 2. The van der Waals surface area contributed by atoms with Gasteiger partial charge in [0.1, 0.15) is 18.0 Å². The van der Waals surface area contributed by atoms with Crippen molar-refractivity contribution in [3.63, 3.8) is 0 Å². The van der Waals surface area contributed by atoms with Crippen molar-refractivity contribution in [3.05, 3.63) is 71.8 Å². The van der Waals surface area contributed by atoms with Gasteiger partial charge < -0.3 is 10.2 Å². The van der Waals surface area contributed by atoms with Crippen LogP contribution in [-0.2, 0) is 4.79 Å². The maximum Gasteiger partial charge on any atom is 0.243 e. The molecule has 0 saturated heterocycles. The fourth-order valence-corrected chi connectivity index (χ4v) is 4.40. The zero-order valence-corrected chi connectivity index (χ0v) is 17.8. The van der Waals surface area contributed by atoms with E-state index in [9.17, 15) is 9.18 Å². The highest BCUT2D eigenvalue weighted by atomic mass is 32.1. The summed E-state index contributed by atoms with van der Waals surface area (Å²) < 4.78 is 14.1. The van der Waals surface area contributed by atoms with Gasteiger partial charge in [0.25, 0.3) is 0 Å². The highest BCUT2D eigenvalue weighted by molar-refractivity contribution is 7.22. The lowest BCUT2D eigenvalue weighted by Crippen LogP contribution is -2.30. The molecule has 1 N–H and O–H groups in total. The molecule has 4 aromatic rings. The number of amides is 1. The first-order valence-corrected chi connectivity index (χ1v) is 10.3. The van der Waals surface area contributed by atoms with E-state index >= 15 is 0 Å². The lowest BCUT2D eigenvalue weighted by Gasteiger charge is -2.18. The minimum Gasteiger partial charge on any atom is -0.349 e. The number of fused-ring (bicyclic) bond motifs is 1. The topological polar surface area (TPSA) is 58.1 Å². The SMILES string of the molecule is Cc1cccc(NC(=O)CN(C)c2ncnc3cc(-c4ccc(F)cc4)sc23)c1C. The Morgan fingerprint density at radius 3 is 2.67 bits per heavy atom. The second-order valence-electron chi connectivity index (χ2n) is 7.18. The normalized spacial score (nSPS) is 10.9. The molecular formula is C23H21FN4OS. The van der Waals surface area contributed by atoms with Crippen molar-refractivity contribution in [2.75, 3.05) is 23.8 Å². The van der Waals surface area contributed by atoms with E-state index in [1.54, 1.807) is 12.1 Å². The van der Waals surface area contributed by atoms with Gasteiger partial charge in [-0.1, -0.05) is 24.3 Å². The lowest BCUT2D eigenvalue weighted by atomic mass is 10.1. The molecule has 5 nitrogen and oxygen atoms in total. The number of aryl methyl sites for hydroxylation is 1. The van der Waals surface area contributed by atoms with Crippen molar-refractivity contribution in [3.8, 4) is 10.4 Å². The van der Waals surface area contributed by atoms with Crippen molar-refractivity contribution in [2.24, 2.45) is 0 Å². The lowest BCUT2D eigenvalue weighted by molar-refractivity contribution is -0.114. The largest absolute Gasteiger partial charge is 0.349 e. The van der Waals surface area contributed by atoms with Gasteiger partial charge in [-0.05, 0) is 54.8 Å². The molecule has 0 saturated carbocycles. The number of hydrogen-bond acceptors (Lipinski definition) is 5. The van der Waals surface area contributed by atoms with E-state index < -0.39 is 0 Å². The summed E-state index contributed by atoms with van der Waals surface area (Å²) in [5, 5.41) is 2.98. The van der Waals surface area contributed by atoms with E-state index in [0.717, 1.165) is 37.5 Å². The molecule has 0 bridgehead atoms. The molecule has 2 heterocycles. The third-order valence-corrected chi connectivity index (χ3v) is 6.21. The van der Waals surface area contributed by atoms with Crippen LogP contribution in [0.25, 0.3) is 20.7 Å². The molecule has 4 rings (SSSR count). The third-order valence-electron chi connectivity index (χ3n) is 5.04. The summed E-state index contributed by atoms with van der Waals surface area (Å²) in [5.41, 5.74) is 4.72. The summed E-state index contributed by atoms with van der Waals surface area (Å²) in [5.74, 6) is 0.303. The van der Waals surface area contributed by atoms with E-state index in [1.807, 2.05) is 50.1 Å². The van der Waals surface area contributed by atoms with Gasteiger partial charge in [-0.25, -0.2) is 14.4 Å². The number of thiophene rings is 1. The fourth-order valence-electron chi connectivity index (χ4n) is 3.24. The quantitative estimate of drug-likeness (QED) is 0.483. The van der Waals surface area contributed by atoms with Gasteiger partial charge in [0.15, 0.2) is 0 Å². The van der Waals surface area contributed by atoms with E-state index in [2.05, 4.69) is 15.3 Å². The summed E-state index contributed by atoms with van der Waals surface area (Å²) in [6, 6.07) is 14.2. The molecule has 152 valence electrons. The van der Waals surface area contributed by atoms with Gasteiger partial charge in [-0.2, -0.15) is 0 Å². The Morgan fingerprint density at radius 1 is 1.13 bits per heavy atom. The Balaban J connectivity index is 1.57. The molecule has 0 aliphatic rings. The van der Waals surface area contributed by atoms with Crippen LogP contribution >= 0.6 is 11.3 Å². The van der Waals surface area contributed by atoms with Crippen LogP contribution in [0.4, 0.5) is 15.9 Å². The second-order valence-corrected chi connectivity index (χ2v) is 8.23. The number of carbonyl (C=O) groups excluding carboxylic acids is 1. The average Bonchev–Trinajstić information content (AvgIpc) is 3.16. The number of halogens is 1. The molecule has 7 heteroatoms. The molecule has 0 fully saturated rings. The highest BCUT2D eigenvalue weighted by Gasteiger charge is 2.16. The smallest absolute Gasteiger partial charge is 0.243 e. The van der Waals surface area contributed by atoms with Crippen molar-refractivity contribution < 1.29 is 9.18 Å². The number of likely N-dealkylation sites (N-methyl/N-ethyl adjacent to an activating group) is 1. The van der Waals surface area contributed by atoms with Crippen molar-refractivity contribution in [2.45, 2.75) is 13.8 Å². The number of nitrogens with zero attached hydrogens (tertiary/aromatic N) is 3. The first kappa shape index (κ1) is 20.0. The molecule has 0 spiro atoms. The minimum atomic E-state index is -0.269. The van der Waals surface area contributed by atoms with E-state index in [1.165, 1.54) is 29.8 Å². The second kappa shape index (κ2) is 8.20. The van der Waals surface area contributed by atoms with Gasteiger partial charge >= 0.3 is 0 Å². The summed E-state index contributed by atoms with van der Waals surface area (Å²) in [4.78, 5) is 24.2. The standard InChI is InChI=1S/C23H21FN4OS/c1-14-5-4-6-18(15(14)2)27-21(29)12-28(3)23-22-19(25-13-26-23)11-20(30-22)16-7-9-17(24)10-8-16/h4-11,13H,12H2,1-3H3,(H,27,29). The summed E-state index contributed by atoms with van der Waals surface area (Å²) >= 11 is 1.53. The van der Waals surface area contributed by atoms with Gasteiger partial charge in [-0.3, -0.25) is 4.79 Å². The fraction of sp³-hybridized carbons (Fsp3) is 0.174. The van der Waals surface area contributed by atoms with Crippen LogP contribution in [0.1, 0.15) is 11.1 Å². The molecular weight excluding hydrogens is 399 g/mol.